The zero-order valence-electron chi connectivity index (χ0n) is 21.6. The SMILES string of the molecule is CCCCCCCCCCCCN(CCCCCCCCCCCC)C(CS)C(C)=O. The predicted octanol–water partition coefficient (Wildman–Crippen LogP) is 9.02. The molecule has 0 aliphatic carbocycles. The third-order valence-electron chi connectivity index (χ3n) is 6.68. The summed E-state index contributed by atoms with van der Waals surface area (Å²) in [5, 5.41) is 0. The average molecular weight is 456 g/mol. The van der Waals surface area contributed by atoms with Gasteiger partial charge >= 0.3 is 0 Å². The molecule has 0 radical (unpaired) electrons. The minimum Gasteiger partial charge on any atom is -0.298 e. The van der Waals surface area contributed by atoms with Crippen LogP contribution >= 0.6 is 12.6 Å². The summed E-state index contributed by atoms with van der Waals surface area (Å²) in [7, 11) is 0. The molecule has 0 amide bonds. The first-order valence-corrected chi connectivity index (χ1v) is 14.7. The Labute approximate surface area is 202 Å². The summed E-state index contributed by atoms with van der Waals surface area (Å²) < 4.78 is 0. The van der Waals surface area contributed by atoms with Gasteiger partial charge in [-0.3, -0.25) is 9.69 Å². The fraction of sp³-hybridized carbons (Fsp3) is 0.964. The highest BCUT2D eigenvalue weighted by atomic mass is 32.1. The second-order valence-electron chi connectivity index (χ2n) is 9.71. The van der Waals surface area contributed by atoms with Crippen molar-refractivity contribution in [2.24, 2.45) is 0 Å². The zero-order valence-corrected chi connectivity index (χ0v) is 22.5. The van der Waals surface area contributed by atoms with E-state index in [9.17, 15) is 4.79 Å². The number of hydrogen-bond acceptors (Lipinski definition) is 3. The molecular weight excluding hydrogens is 398 g/mol. The topological polar surface area (TPSA) is 20.3 Å². The number of carbonyl (C=O) groups excluding carboxylic acids is 1. The molecule has 0 saturated heterocycles. The van der Waals surface area contributed by atoms with Crippen molar-refractivity contribution in [1.29, 1.82) is 0 Å². The first kappa shape index (κ1) is 31.0. The van der Waals surface area contributed by atoms with Crippen molar-refractivity contribution in [3.63, 3.8) is 0 Å². The van der Waals surface area contributed by atoms with Crippen molar-refractivity contribution in [1.82, 2.24) is 4.90 Å². The van der Waals surface area contributed by atoms with Crippen molar-refractivity contribution < 1.29 is 4.79 Å². The molecule has 2 nitrogen and oxygen atoms in total. The summed E-state index contributed by atoms with van der Waals surface area (Å²) in [4.78, 5) is 14.5. The molecule has 0 aliphatic rings. The normalized spacial score (nSPS) is 12.5. The third-order valence-corrected chi connectivity index (χ3v) is 7.03. The zero-order chi connectivity index (χ0) is 23.0. The van der Waals surface area contributed by atoms with Gasteiger partial charge < -0.3 is 0 Å². The van der Waals surface area contributed by atoms with Crippen molar-refractivity contribution in [3.05, 3.63) is 0 Å². The number of unbranched alkanes of at least 4 members (excludes halogenated alkanes) is 18. The van der Waals surface area contributed by atoms with Crippen LogP contribution in [0.1, 0.15) is 149 Å². The van der Waals surface area contributed by atoms with Crippen molar-refractivity contribution in [3.8, 4) is 0 Å². The van der Waals surface area contributed by atoms with Crippen LogP contribution in [0.4, 0.5) is 0 Å². The van der Waals surface area contributed by atoms with E-state index in [1.165, 1.54) is 128 Å². The lowest BCUT2D eigenvalue weighted by Gasteiger charge is -2.29. The van der Waals surface area contributed by atoms with Gasteiger partial charge in [0.2, 0.25) is 0 Å². The Morgan fingerprint density at radius 2 is 0.871 bits per heavy atom. The van der Waals surface area contributed by atoms with Gasteiger partial charge in [0.25, 0.3) is 0 Å². The lowest BCUT2D eigenvalue weighted by atomic mass is 10.1. The summed E-state index contributed by atoms with van der Waals surface area (Å²) >= 11 is 4.48. The Bertz CT molecular complexity index is 350. The van der Waals surface area contributed by atoms with E-state index in [1.54, 1.807) is 6.92 Å². The maximum absolute atomic E-state index is 12.1. The molecule has 1 unspecified atom stereocenters. The molecule has 186 valence electrons. The highest BCUT2D eigenvalue weighted by Gasteiger charge is 2.20. The predicted molar refractivity (Wildman–Crippen MR) is 144 cm³/mol. The fourth-order valence-corrected chi connectivity index (χ4v) is 5.02. The molecule has 0 fully saturated rings. The van der Waals surface area contributed by atoms with Gasteiger partial charge in [-0.15, -0.1) is 0 Å². The number of ketones is 1. The molecule has 0 aromatic heterocycles. The van der Waals surface area contributed by atoms with Crippen LogP contribution in [0.25, 0.3) is 0 Å². The van der Waals surface area contributed by atoms with Gasteiger partial charge in [-0.25, -0.2) is 0 Å². The van der Waals surface area contributed by atoms with Crippen molar-refractivity contribution >= 4 is 18.4 Å². The summed E-state index contributed by atoms with van der Waals surface area (Å²) in [6, 6.07) is 0.0143. The molecule has 0 aromatic rings. The summed E-state index contributed by atoms with van der Waals surface area (Å²) in [5.74, 6) is 0.944. The van der Waals surface area contributed by atoms with Crippen LogP contribution in [0.3, 0.4) is 0 Å². The van der Waals surface area contributed by atoms with E-state index < -0.39 is 0 Å². The van der Waals surface area contributed by atoms with Gasteiger partial charge in [0, 0.05) is 5.75 Å². The Morgan fingerprint density at radius 3 is 1.13 bits per heavy atom. The molecule has 3 heteroatoms. The van der Waals surface area contributed by atoms with E-state index in [1.807, 2.05) is 0 Å². The lowest BCUT2D eigenvalue weighted by molar-refractivity contribution is -0.121. The van der Waals surface area contributed by atoms with Crippen LogP contribution in [0.5, 0.6) is 0 Å². The number of Topliss-reactive ketones (excluding diaryl/α,β-unsaturated/α-hetero) is 1. The van der Waals surface area contributed by atoms with E-state index >= 15 is 0 Å². The van der Waals surface area contributed by atoms with Crippen LogP contribution in [0, 0.1) is 0 Å². The minimum atomic E-state index is 0.0143. The van der Waals surface area contributed by atoms with Gasteiger partial charge in [-0.05, 0) is 32.9 Å². The Hall–Kier alpha value is -0.0200. The van der Waals surface area contributed by atoms with Gasteiger partial charge in [-0.2, -0.15) is 12.6 Å². The summed E-state index contributed by atoms with van der Waals surface area (Å²) in [6.45, 7) is 8.44. The lowest BCUT2D eigenvalue weighted by Crippen LogP contribution is -2.42. The number of carbonyl (C=O) groups is 1. The standard InChI is InChI=1S/C28H57NOS/c1-4-6-8-10-12-14-16-18-20-22-24-29(28(26-31)27(3)30)25-23-21-19-17-15-13-11-9-7-5-2/h28,31H,4-26H2,1-3H3. The number of rotatable bonds is 25. The van der Waals surface area contributed by atoms with Gasteiger partial charge in [0.05, 0.1) is 6.04 Å². The van der Waals surface area contributed by atoms with Crippen molar-refractivity contribution in [2.45, 2.75) is 155 Å². The molecule has 0 saturated carbocycles. The highest BCUT2D eigenvalue weighted by molar-refractivity contribution is 7.80. The summed E-state index contributed by atoms with van der Waals surface area (Å²) in [5.41, 5.74) is 0. The molecule has 0 rings (SSSR count). The second kappa shape index (κ2) is 24.6. The molecule has 0 bridgehead atoms. The number of nitrogens with zero attached hydrogens (tertiary/aromatic N) is 1. The summed E-state index contributed by atoms with van der Waals surface area (Å²) in [6.07, 6.45) is 27.3. The van der Waals surface area contributed by atoms with E-state index in [2.05, 4.69) is 31.4 Å². The van der Waals surface area contributed by atoms with Gasteiger partial charge in [0.15, 0.2) is 0 Å². The average Bonchev–Trinajstić information content (AvgIpc) is 2.76. The maximum Gasteiger partial charge on any atom is 0.147 e. The third kappa shape index (κ3) is 20.3. The maximum atomic E-state index is 12.1. The Balaban J connectivity index is 3.88. The quantitative estimate of drug-likeness (QED) is 0.109. The molecule has 0 spiro atoms. The molecule has 0 heterocycles. The second-order valence-corrected chi connectivity index (χ2v) is 10.1. The number of thiol groups is 1. The molecule has 0 aromatic carbocycles. The monoisotopic (exact) mass is 455 g/mol. The smallest absolute Gasteiger partial charge is 0.147 e. The van der Waals surface area contributed by atoms with Gasteiger partial charge in [0.1, 0.15) is 5.78 Å². The van der Waals surface area contributed by atoms with Crippen LogP contribution in [-0.2, 0) is 4.79 Å². The molecule has 31 heavy (non-hydrogen) atoms. The van der Waals surface area contributed by atoms with Crippen LogP contribution in [0.15, 0.2) is 0 Å². The largest absolute Gasteiger partial charge is 0.298 e. The minimum absolute atomic E-state index is 0.0143. The van der Waals surface area contributed by atoms with Crippen LogP contribution < -0.4 is 0 Å². The molecular formula is C28H57NOS. The Kier molecular flexibility index (Phi) is 24.6. The molecule has 1 atom stereocenters. The van der Waals surface area contributed by atoms with E-state index in [0.29, 0.717) is 5.75 Å². The van der Waals surface area contributed by atoms with E-state index in [0.717, 1.165) is 13.1 Å². The number of hydrogen-bond donors (Lipinski definition) is 1. The molecule has 0 aliphatic heterocycles. The van der Waals surface area contributed by atoms with Crippen LogP contribution in [-0.4, -0.2) is 35.6 Å². The molecule has 0 N–H and O–H groups in total. The van der Waals surface area contributed by atoms with E-state index in [4.69, 9.17) is 0 Å². The first-order chi connectivity index (χ1) is 15.2. The van der Waals surface area contributed by atoms with Crippen molar-refractivity contribution in [2.75, 3.05) is 18.8 Å². The van der Waals surface area contributed by atoms with Gasteiger partial charge in [-0.1, -0.05) is 129 Å². The Morgan fingerprint density at radius 1 is 0.581 bits per heavy atom. The first-order valence-electron chi connectivity index (χ1n) is 14.0. The van der Waals surface area contributed by atoms with Crippen LogP contribution in [0.2, 0.25) is 0 Å². The fourth-order valence-electron chi connectivity index (χ4n) is 4.53. The van der Waals surface area contributed by atoms with E-state index in [-0.39, 0.29) is 11.8 Å². The highest BCUT2D eigenvalue weighted by Crippen LogP contribution is 2.14.